The molecule has 0 aliphatic heterocycles. The number of benzene rings is 1. The number of aliphatic hydroxyl groups excluding tert-OH is 1. The zero-order chi connectivity index (χ0) is 19.7. The van der Waals surface area contributed by atoms with Crippen molar-refractivity contribution in [3.8, 4) is 0 Å². The lowest BCUT2D eigenvalue weighted by atomic mass is 9.92. The van der Waals surface area contributed by atoms with Crippen molar-refractivity contribution in [2.24, 2.45) is 7.05 Å². The zero-order valence-corrected chi connectivity index (χ0v) is 15.9. The summed E-state index contributed by atoms with van der Waals surface area (Å²) < 4.78 is 15.1. The smallest absolute Gasteiger partial charge is 0.270 e. The lowest BCUT2D eigenvalue weighted by molar-refractivity contribution is 0.0714. The molecule has 1 saturated carbocycles. The van der Waals surface area contributed by atoms with Gasteiger partial charge in [0.2, 0.25) is 0 Å². The van der Waals surface area contributed by atoms with E-state index in [9.17, 15) is 14.3 Å². The highest BCUT2D eigenvalue weighted by atomic mass is 19.1. The van der Waals surface area contributed by atoms with Gasteiger partial charge in [-0.25, -0.2) is 9.37 Å². The van der Waals surface area contributed by atoms with Crippen molar-refractivity contribution in [2.45, 2.75) is 44.2 Å². The summed E-state index contributed by atoms with van der Waals surface area (Å²) in [5, 5.41) is 14.1. The lowest BCUT2D eigenvalue weighted by Crippen LogP contribution is -2.45. The van der Waals surface area contributed by atoms with Crippen molar-refractivity contribution in [3.05, 3.63) is 65.2 Å². The van der Waals surface area contributed by atoms with Gasteiger partial charge in [0.25, 0.3) is 5.91 Å². The normalized spacial score (nSPS) is 19.7. The van der Waals surface area contributed by atoms with E-state index in [0.717, 1.165) is 41.4 Å². The Morgan fingerprint density at radius 1 is 1.25 bits per heavy atom. The van der Waals surface area contributed by atoms with Crippen LogP contribution in [0.5, 0.6) is 0 Å². The van der Waals surface area contributed by atoms with Crippen molar-refractivity contribution < 1.29 is 14.3 Å². The molecule has 146 valence electrons. The molecule has 1 fully saturated rings. The maximum atomic E-state index is 13.2. The standard InChI is InChI=1S/C22H24FN3O2/c1-26-11-10-17-15(12-14-6-8-16(23)9-7-14)13-19(24-21(17)26)22(28)25-18-4-2-3-5-20(18)27/h6-11,13,18,20,27H,2-5,12H2,1H3,(H,25,28)/t18-,20-/m0/s1. The Bertz CT molecular complexity index is 997. The first-order chi connectivity index (χ1) is 13.5. The summed E-state index contributed by atoms with van der Waals surface area (Å²) in [5.74, 6) is -0.538. The van der Waals surface area contributed by atoms with Crippen LogP contribution in [0, 0.1) is 5.82 Å². The van der Waals surface area contributed by atoms with Gasteiger partial charge >= 0.3 is 0 Å². The highest BCUT2D eigenvalue weighted by Gasteiger charge is 2.25. The number of aromatic nitrogens is 2. The highest BCUT2D eigenvalue weighted by Crippen LogP contribution is 2.23. The molecular weight excluding hydrogens is 357 g/mol. The van der Waals surface area contributed by atoms with Crippen LogP contribution < -0.4 is 5.32 Å². The minimum Gasteiger partial charge on any atom is -0.391 e. The van der Waals surface area contributed by atoms with Gasteiger partial charge < -0.3 is 15.0 Å². The third-order valence-electron chi connectivity index (χ3n) is 5.51. The molecular formula is C22H24FN3O2. The number of nitrogens with one attached hydrogen (secondary N) is 1. The molecule has 0 spiro atoms. The van der Waals surface area contributed by atoms with Crippen LogP contribution in [0.15, 0.2) is 42.6 Å². The number of halogens is 1. The van der Waals surface area contributed by atoms with Gasteiger partial charge in [0.1, 0.15) is 17.2 Å². The highest BCUT2D eigenvalue weighted by molar-refractivity contribution is 5.95. The van der Waals surface area contributed by atoms with Crippen LogP contribution in [0.1, 0.15) is 47.3 Å². The van der Waals surface area contributed by atoms with Crippen LogP contribution in [-0.2, 0) is 13.5 Å². The van der Waals surface area contributed by atoms with Crippen LogP contribution >= 0.6 is 0 Å². The molecule has 0 radical (unpaired) electrons. The predicted octanol–water partition coefficient (Wildman–Crippen LogP) is 3.34. The molecule has 1 aromatic carbocycles. The number of hydrogen-bond acceptors (Lipinski definition) is 3. The van der Waals surface area contributed by atoms with E-state index in [1.165, 1.54) is 12.1 Å². The Kier molecular flexibility index (Phi) is 5.13. The first-order valence-electron chi connectivity index (χ1n) is 9.69. The second-order valence-electron chi connectivity index (χ2n) is 7.57. The van der Waals surface area contributed by atoms with Gasteiger partial charge in [0, 0.05) is 18.6 Å². The largest absolute Gasteiger partial charge is 0.391 e. The Morgan fingerprint density at radius 3 is 2.75 bits per heavy atom. The molecule has 3 aromatic rings. The molecule has 0 unspecified atom stereocenters. The van der Waals surface area contributed by atoms with E-state index in [-0.39, 0.29) is 17.8 Å². The first kappa shape index (κ1) is 18.6. The maximum absolute atomic E-state index is 13.2. The SMILES string of the molecule is Cn1ccc2c(Cc3ccc(F)cc3)cc(C(=O)N[C@H]3CCCC[C@@H]3O)nc21. The molecule has 0 saturated heterocycles. The lowest BCUT2D eigenvalue weighted by Gasteiger charge is -2.28. The van der Waals surface area contributed by atoms with Gasteiger partial charge in [0.05, 0.1) is 12.1 Å². The topological polar surface area (TPSA) is 67.2 Å². The first-order valence-corrected chi connectivity index (χ1v) is 9.69. The second kappa shape index (κ2) is 7.72. The van der Waals surface area contributed by atoms with E-state index in [0.29, 0.717) is 18.5 Å². The predicted molar refractivity (Wildman–Crippen MR) is 106 cm³/mol. The molecule has 1 aliphatic carbocycles. The average Bonchev–Trinajstić information content (AvgIpc) is 3.07. The van der Waals surface area contributed by atoms with E-state index < -0.39 is 6.10 Å². The molecule has 28 heavy (non-hydrogen) atoms. The minimum atomic E-state index is -0.504. The van der Waals surface area contributed by atoms with Crippen molar-refractivity contribution >= 4 is 16.9 Å². The minimum absolute atomic E-state index is 0.229. The van der Waals surface area contributed by atoms with Gasteiger partial charge in [-0.3, -0.25) is 4.79 Å². The van der Waals surface area contributed by atoms with E-state index in [1.54, 1.807) is 18.2 Å². The summed E-state index contributed by atoms with van der Waals surface area (Å²) in [6.45, 7) is 0. The molecule has 2 heterocycles. The molecule has 1 aliphatic rings. The fourth-order valence-electron chi connectivity index (χ4n) is 3.91. The van der Waals surface area contributed by atoms with Crippen molar-refractivity contribution in [1.82, 2.24) is 14.9 Å². The molecule has 2 atom stereocenters. The van der Waals surface area contributed by atoms with E-state index in [4.69, 9.17) is 0 Å². The number of aliphatic hydroxyl groups is 1. The van der Waals surface area contributed by atoms with E-state index >= 15 is 0 Å². The Hall–Kier alpha value is -2.73. The van der Waals surface area contributed by atoms with Gasteiger partial charge in [-0.05, 0) is 54.7 Å². The summed E-state index contributed by atoms with van der Waals surface area (Å²) in [7, 11) is 1.89. The molecule has 6 heteroatoms. The third-order valence-corrected chi connectivity index (χ3v) is 5.51. The average molecular weight is 381 g/mol. The Balaban J connectivity index is 1.65. The summed E-state index contributed by atoms with van der Waals surface area (Å²) in [6, 6.07) is 9.94. The van der Waals surface area contributed by atoms with Crippen molar-refractivity contribution in [1.29, 1.82) is 0 Å². The third kappa shape index (κ3) is 3.78. The molecule has 5 nitrogen and oxygen atoms in total. The molecule has 2 N–H and O–H groups in total. The number of carbonyl (C=O) groups excluding carboxylic acids is 1. The number of amides is 1. The molecule has 1 amide bonds. The van der Waals surface area contributed by atoms with Crippen LogP contribution in [0.25, 0.3) is 11.0 Å². The van der Waals surface area contributed by atoms with Gasteiger partial charge in [-0.1, -0.05) is 25.0 Å². The molecule has 4 rings (SSSR count). The van der Waals surface area contributed by atoms with Crippen LogP contribution in [0.3, 0.4) is 0 Å². The fourth-order valence-corrected chi connectivity index (χ4v) is 3.91. The number of hydrogen-bond donors (Lipinski definition) is 2. The summed E-state index contributed by atoms with van der Waals surface area (Å²) in [6.07, 6.45) is 5.47. The quantitative estimate of drug-likeness (QED) is 0.728. The number of rotatable bonds is 4. The van der Waals surface area contributed by atoms with Crippen LogP contribution in [0.4, 0.5) is 4.39 Å². The number of aryl methyl sites for hydroxylation is 1. The maximum Gasteiger partial charge on any atom is 0.270 e. The molecule has 0 bridgehead atoms. The zero-order valence-electron chi connectivity index (χ0n) is 15.9. The van der Waals surface area contributed by atoms with E-state index in [2.05, 4.69) is 10.3 Å². The number of carbonyl (C=O) groups is 1. The second-order valence-corrected chi connectivity index (χ2v) is 7.57. The summed E-state index contributed by atoms with van der Waals surface area (Å²) in [5.41, 5.74) is 3.00. The van der Waals surface area contributed by atoms with Gasteiger partial charge in [-0.15, -0.1) is 0 Å². The Morgan fingerprint density at radius 2 is 2.00 bits per heavy atom. The van der Waals surface area contributed by atoms with Crippen molar-refractivity contribution in [3.63, 3.8) is 0 Å². The summed E-state index contributed by atoms with van der Waals surface area (Å²) in [4.78, 5) is 17.4. The number of pyridine rings is 1. The molecule has 2 aromatic heterocycles. The summed E-state index contributed by atoms with van der Waals surface area (Å²) >= 11 is 0. The monoisotopic (exact) mass is 381 g/mol. The number of fused-ring (bicyclic) bond motifs is 1. The Labute approximate surface area is 163 Å². The van der Waals surface area contributed by atoms with Crippen LogP contribution in [-0.4, -0.2) is 32.7 Å². The van der Waals surface area contributed by atoms with Gasteiger partial charge in [-0.2, -0.15) is 0 Å². The van der Waals surface area contributed by atoms with Crippen LogP contribution in [0.2, 0.25) is 0 Å². The van der Waals surface area contributed by atoms with E-state index in [1.807, 2.05) is 23.9 Å². The number of nitrogens with zero attached hydrogens (tertiary/aromatic N) is 2. The van der Waals surface area contributed by atoms with Gasteiger partial charge in [0.15, 0.2) is 0 Å². The fraction of sp³-hybridized carbons (Fsp3) is 0.364. The van der Waals surface area contributed by atoms with Crippen molar-refractivity contribution in [2.75, 3.05) is 0 Å².